The molecule has 0 heterocycles. The first-order chi connectivity index (χ1) is 16.0. The highest BCUT2D eigenvalue weighted by atomic mass is 16.6. The SMILES string of the molecule is COc1cccc(C(=O)Oc2ccc(C=NNC(=O)CNc3cccc(C)c3)cc2OC)c1. The number of benzene rings is 3. The van der Waals surface area contributed by atoms with E-state index in [1.54, 1.807) is 42.5 Å². The van der Waals surface area contributed by atoms with Crippen molar-refractivity contribution in [1.82, 2.24) is 5.43 Å². The highest BCUT2D eigenvalue weighted by Gasteiger charge is 2.13. The van der Waals surface area contributed by atoms with Crippen LogP contribution in [0.2, 0.25) is 0 Å². The lowest BCUT2D eigenvalue weighted by Crippen LogP contribution is -2.25. The van der Waals surface area contributed by atoms with Crippen molar-refractivity contribution >= 4 is 23.8 Å². The third kappa shape index (κ3) is 6.83. The quantitative estimate of drug-likeness (QED) is 0.224. The van der Waals surface area contributed by atoms with E-state index in [1.165, 1.54) is 20.4 Å². The van der Waals surface area contributed by atoms with Crippen molar-refractivity contribution in [3.05, 3.63) is 83.4 Å². The minimum absolute atomic E-state index is 0.0866. The summed E-state index contributed by atoms with van der Waals surface area (Å²) in [5.41, 5.74) is 5.43. The fourth-order valence-corrected chi connectivity index (χ4v) is 2.91. The molecular formula is C25H25N3O5. The van der Waals surface area contributed by atoms with Gasteiger partial charge in [-0.1, -0.05) is 18.2 Å². The molecule has 0 radical (unpaired) electrons. The van der Waals surface area contributed by atoms with Gasteiger partial charge in [0.25, 0.3) is 5.91 Å². The Kier molecular flexibility index (Phi) is 8.02. The zero-order chi connectivity index (χ0) is 23.6. The zero-order valence-electron chi connectivity index (χ0n) is 18.6. The normalized spacial score (nSPS) is 10.5. The molecule has 0 aliphatic carbocycles. The Morgan fingerprint density at radius 3 is 2.52 bits per heavy atom. The number of carbonyl (C=O) groups excluding carboxylic acids is 2. The molecule has 2 N–H and O–H groups in total. The predicted octanol–water partition coefficient (Wildman–Crippen LogP) is 3.79. The van der Waals surface area contributed by atoms with Gasteiger partial charge in [-0.15, -0.1) is 0 Å². The van der Waals surface area contributed by atoms with Crippen molar-refractivity contribution in [2.75, 3.05) is 26.1 Å². The van der Waals surface area contributed by atoms with Gasteiger partial charge in [0, 0.05) is 5.69 Å². The minimum atomic E-state index is -0.540. The zero-order valence-corrected chi connectivity index (χ0v) is 18.6. The van der Waals surface area contributed by atoms with E-state index in [2.05, 4.69) is 15.8 Å². The van der Waals surface area contributed by atoms with E-state index >= 15 is 0 Å². The molecule has 33 heavy (non-hydrogen) atoms. The Morgan fingerprint density at radius 2 is 1.76 bits per heavy atom. The fourth-order valence-electron chi connectivity index (χ4n) is 2.91. The maximum atomic E-state index is 12.5. The number of aryl methyl sites for hydroxylation is 1. The van der Waals surface area contributed by atoms with Gasteiger partial charge in [-0.3, -0.25) is 4.79 Å². The van der Waals surface area contributed by atoms with Crippen LogP contribution in [-0.2, 0) is 4.79 Å². The lowest BCUT2D eigenvalue weighted by atomic mass is 10.2. The molecule has 0 fully saturated rings. The summed E-state index contributed by atoms with van der Waals surface area (Å²) in [6.45, 7) is 2.07. The number of methoxy groups -OCH3 is 2. The van der Waals surface area contributed by atoms with Crippen LogP contribution < -0.4 is 25.0 Å². The highest BCUT2D eigenvalue weighted by molar-refractivity contribution is 5.92. The Balaban J connectivity index is 1.57. The summed E-state index contributed by atoms with van der Waals surface area (Å²) in [7, 11) is 2.99. The van der Waals surface area contributed by atoms with Crippen LogP contribution >= 0.6 is 0 Å². The van der Waals surface area contributed by atoms with Crippen molar-refractivity contribution in [2.24, 2.45) is 5.10 Å². The molecule has 0 saturated carbocycles. The average molecular weight is 447 g/mol. The number of carbonyl (C=O) groups is 2. The van der Waals surface area contributed by atoms with Gasteiger partial charge >= 0.3 is 5.97 Å². The maximum absolute atomic E-state index is 12.5. The first-order valence-electron chi connectivity index (χ1n) is 10.1. The van der Waals surface area contributed by atoms with E-state index in [0.29, 0.717) is 22.6 Å². The van der Waals surface area contributed by atoms with Crippen LogP contribution in [0.5, 0.6) is 17.2 Å². The van der Waals surface area contributed by atoms with Crippen molar-refractivity contribution < 1.29 is 23.8 Å². The van der Waals surface area contributed by atoms with Crippen LogP contribution in [0.1, 0.15) is 21.5 Å². The number of esters is 1. The first-order valence-corrected chi connectivity index (χ1v) is 10.1. The molecule has 8 nitrogen and oxygen atoms in total. The summed E-state index contributed by atoms with van der Waals surface area (Å²) in [6.07, 6.45) is 1.47. The largest absolute Gasteiger partial charge is 0.497 e. The van der Waals surface area contributed by atoms with Gasteiger partial charge in [-0.05, 0) is 66.6 Å². The molecule has 1 amide bonds. The van der Waals surface area contributed by atoms with Crippen LogP contribution in [0.25, 0.3) is 0 Å². The Bertz CT molecular complexity index is 1160. The average Bonchev–Trinajstić information content (AvgIpc) is 2.83. The second kappa shape index (κ2) is 11.3. The molecule has 3 rings (SSSR count). The molecule has 0 atom stereocenters. The molecule has 3 aromatic carbocycles. The summed E-state index contributed by atoms with van der Waals surface area (Å²) < 4.78 is 15.9. The van der Waals surface area contributed by atoms with Gasteiger partial charge in [0.15, 0.2) is 11.5 Å². The Hall–Kier alpha value is -4.33. The van der Waals surface area contributed by atoms with Gasteiger partial charge < -0.3 is 19.5 Å². The number of hydrogen-bond donors (Lipinski definition) is 2. The summed E-state index contributed by atoms with van der Waals surface area (Å²) in [6, 6.07) is 19.3. The van der Waals surface area contributed by atoms with Crippen molar-refractivity contribution in [3.8, 4) is 17.2 Å². The Labute approximate surface area is 192 Å². The van der Waals surface area contributed by atoms with Gasteiger partial charge in [0.2, 0.25) is 0 Å². The number of hydrazone groups is 1. The summed E-state index contributed by atoms with van der Waals surface area (Å²) in [4.78, 5) is 24.4. The topological polar surface area (TPSA) is 98.3 Å². The summed E-state index contributed by atoms with van der Waals surface area (Å²) >= 11 is 0. The summed E-state index contributed by atoms with van der Waals surface area (Å²) in [5.74, 6) is 0.334. The van der Waals surface area contributed by atoms with E-state index < -0.39 is 5.97 Å². The van der Waals surface area contributed by atoms with Crippen molar-refractivity contribution in [1.29, 1.82) is 0 Å². The minimum Gasteiger partial charge on any atom is -0.497 e. The Morgan fingerprint density at radius 1 is 0.939 bits per heavy atom. The number of rotatable bonds is 9. The van der Waals surface area contributed by atoms with Crippen molar-refractivity contribution in [2.45, 2.75) is 6.92 Å². The predicted molar refractivity (Wildman–Crippen MR) is 126 cm³/mol. The van der Waals surface area contributed by atoms with Crippen molar-refractivity contribution in [3.63, 3.8) is 0 Å². The van der Waals surface area contributed by atoms with Crippen LogP contribution in [0, 0.1) is 6.92 Å². The number of hydrogen-bond acceptors (Lipinski definition) is 7. The smallest absolute Gasteiger partial charge is 0.343 e. The molecule has 0 aliphatic rings. The highest BCUT2D eigenvalue weighted by Crippen LogP contribution is 2.28. The van der Waals surface area contributed by atoms with Gasteiger partial charge in [-0.25, -0.2) is 10.2 Å². The second-order valence-corrected chi connectivity index (χ2v) is 7.05. The second-order valence-electron chi connectivity index (χ2n) is 7.05. The van der Waals surface area contributed by atoms with E-state index in [0.717, 1.165) is 11.3 Å². The molecule has 0 aliphatic heterocycles. The molecule has 0 saturated heterocycles. The molecular weight excluding hydrogens is 422 g/mol. The van der Waals surface area contributed by atoms with E-state index in [1.807, 2.05) is 31.2 Å². The number of nitrogens with zero attached hydrogens (tertiary/aromatic N) is 1. The number of amides is 1. The lowest BCUT2D eigenvalue weighted by Gasteiger charge is -2.10. The van der Waals surface area contributed by atoms with E-state index in [4.69, 9.17) is 14.2 Å². The fraction of sp³-hybridized carbons (Fsp3) is 0.160. The molecule has 8 heteroatoms. The maximum Gasteiger partial charge on any atom is 0.343 e. The first kappa shape index (κ1) is 23.3. The van der Waals surface area contributed by atoms with Gasteiger partial charge in [-0.2, -0.15) is 5.10 Å². The molecule has 3 aromatic rings. The monoisotopic (exact) mass is 447 g/mol. The molecule has 0 aromatic heterocycles. The number of anilines is 1. The molecule has 170 valence electrons. The third-order valence-corrected chi connectivity index (χ3v) is 4.57. The standard InChI is InChI=1S/C25H25N3O5/c1-17-6-4-8-20(12-17)26-16-24(29)28-27-15-18-10-11-22(23(13-18)32-3)33-25(30)19-7-5-9-21(14-19)31-2/h4-15,26H,16H2,1-3H3,(H,28,29). The molecule has 0 bridgehead atoms. The molecule has 0 spiro atoms. The van der Waals surface area contributed by atoms with Crippen LogP contribution in [0.3, 0.4) is 0 Å². The third-order valence-electron chi connectivity index (χ3n) is 4.57. The van der Waals surface area contributed by atoms with Gasteiger partial charge in [0.1, 0.15) is 5.75 Å². The molecule has 0 unspecified atom stereocenters. The lowest BCUT2D eigenvalue weighted by molar-refractivity contribution is -0.119. The van der Waals surface area contributed by atoms with Crippen LogP contribution in [0.15, 0.2) is 71.8 Å². The van der Waals surface area contributed by atoms with E-state index in [9.17, 15) is 9.59 Å². The van der Waals surface area contributed by atoms with E-state index in [-0.39, 0.29) is 18.2 Å². The van der Waals surface area contributed by atoms with Crippen LogP contribution in [-0.4, -0.2) is 38.9 Å². The van der Waals surface area contributed by atoms with Gasteiger partial charge in [0.05, 0.1) is 32.5 Å². The summed E-state index contributed by atoms with van der Waals surface area (Å²) in [5, 5.41) is 7.00. The number of ether oxygens (including phenoxy) is 3. The number of nitrogens with one attached hydrogen (secondary N) is 2. The van der Waals surface area contributed by atoms with Crippen LogP contribution in [0.4, 0.5) is 5.69 Å².